The van der Waals surface area contributed by atoms with Gasteiger partial charge in [0, 0.05) is 11.1 Å². The standard InChI is InChI=1S/C12H18ClNO/c1-8-5-6-11(13)7-12(8)15-10(3)9(2)14-4/h5-7,9-10,14H,1-4H3. The van der Waals surface area contributed by atoms with E-state index in [0.29, 0.717) is 11.1 Å². The molecule has 0 aliphatic rings. The van der Waals surface area contributed by atoms with Crippen molar-refractivity contribution < 1.29 is 4.74 Å². The Balaban J connectivity index is 2.75. The molecule has 0 aromatic heterocycles. The molecular weight excluding hydrogens is 210 g/mol. The number of rotatable bonds is 4. The van der Waals surface area contributed by atoms with Gasteiger partial charge in [-0.2, -0.15) is 0 Å². The number of hydrogen-bond acceptors (Lipinski definition) is 2. The second-order valence-corrected chi connectivity index (χ2v) is 4.25. The maximum absolute atomic E-state index is 5.92. The molecule has 1 rings (SSSR count). The van der Waals surface area contributed by atoms with Crippen molar-refractivity contribution in [2.45, 2.75) is 32.9 Å². The van der Waals surface area contributed by atoms with Gasteiger partial charge in [0.1, 0.15) is 11.9 Å². The maximum atomic E-state index is 5.92. The number of nitrogens with one attached hydrogen (secondary N) is 1. The topological polar surface area (TPSA) is 21.3 Å². The van der Waals surface area contributed by atoms with Gasteiger partial charge in [-0.15, -0.1) is 0 Å². The molecule has 2 atom stereocenters. The van der Waals surface area contributed by atoms with Crippen molar-refractivity contribution in [1.82, 2.24) is 5.32 Å². The lowest BCUT2D eigenvalue weighted by atomic mass is 10.2. The average Bonchev–Trinajstić information content (AvgIpc) is 2.22. The van der Waals surface area contributed by atoms with Crippen LogP contribution in [0.25, 0.3) is 0 Å². The van der Waals surface area contributed by atoms with Crippen LogP contribution in [-0.4, -0.2) is 19.2 Å². The van der Waals surface area contributed by atoms with E-state index in [4.69, 9.17) is 16.3 Å². The number of benzene rings is 1. The summed E-state index contributed by atoms with van der Waals surface area (Å²) in [6, 6.07) is 6.00. The van der Waals surface area contributed by atoms with Crippen LogP contribution in [0.3, 0.4) is 0 Å². The number of ether oxygens (including phenoxy) is 1. The monoisotopic (exact) mass is 227 g/mol. The lowest BCUT2D eigenvalue weighted by Gasteiger charge is -2.22. The molecule has 0 radical (unpaired) electrons. The fraction of sp³-hybridized carbons (Fsp3) is 0.500. The number of hydrogen-bond donors (Lipinski definition) is 1. The Morgan fingerprint density at radius 2 is 2.00 bits per heavy atom. The molecule has 1 aromatic carbocycles. The Labute approximate surface area is 96.6 Å². The Kier molecular flexibility index (Phi) is 4.43. The van der Waals surface area contributed by atoms with Crippen LogP contribution in [0.5, 0.6) is 5.75 Å². The average molecular weight is 228 g/mol. The summed E-state index contributed by atoms with van der Waals surface area (Å²) in [5.74, 6) is 0.858. The van der Waals surface area contributed by atoms with Gasteiger partial charge < -0.3 is 10.1 Å². The quantitative estimate of drug-likeness (QED) is 0.854. The van der Waals surface area contributed by atoms with E-state index in [1.54, 1.807) is 0 Å². The van der Waals surface area contributed by atoms with Crippen LogP contribution in [0, 0.1) is 6.92 Å². The van der Waals surface area contributed by atoms with Gasteiger partial charge >= 0.3 is 0 Å². The van der Waals surface area contributed by atoms with E-state index < -0.39 is 0 Å². The Hall–Kier alpha value is -0.730. The first-order valence-corrected chi connectivity index (χ1v) is 5.52. The molecule has 0 bridgehead atoms. The highest BCUT2D eigenvalue weighted by Gasteiger charge is 2.12. The van der Waals surface area contributed by atoms with Crippen LogP contribution in [0.2, 0.25) is 5.02 Å². The molecule has 0 fully saturated rings. The summed E-state index contributed by atoms with van der Waals surface area (Å²) in [4.78, 5) is 0. The van der Waals surface area contributed by atoms with Gasteiger partial charge in [0.05, 0.1) is 0 Å². The van der Waals surface area contributed by atoms with E-state index in [-0.39, 0.29) is 6.10 Å². The minimum atomic E-state index is 0.118. The summed E-state index contributed by atoms with van der Waals surface area (Å²) >= 11 is 5.92. The summed E-state index contributed by atoms with van der Waals surface area (Å²) in [5.41, 5.74) is 1.11. The highest BCUT2D eigenvalue weighted by atomic mass is 35.5. The van der Waals surface area contributed by atoms with E-state index in [0.717, 1.165) is 11.3 Å². The molecule has 0 heterocycles. The first-order chi connectivity index (χ1) is 7.04. The molecule has 15 heavy (non-hydrogen) atoms. The first-order valence-electron chi connectivity index (χ1n) is 5.14. The fourth-order valence-corrected chi connectivity index (χ4v) is 1.40. The zero-order chi connectivity index (χ0) is 11.4. The van der Waals surface area contributed by atoms with E-state index in [9.17, 15) is 0 Å². The molecule has 84 valence electrons. The molecule has 0 spiro atoms. The summed E-state index contributed by atoms with van der Waals surface area (Å²) in [7, 11) is 1.93. The van der Waals surface area contributed by atoms with Crippen LogP contribution < -0.4 is 10.1 Å². The zero-order valence-electron chi connectivity index (χ0n) is 9.67. The summed E-state index contributed by atoms with van der Waals surface area (Å²) in [5, 5.41) is 3.87. The van der Waals surface area contributed by atoms with Crippen molar-refractivity contribution in [2.24, 2.45) is 0 Å². The van der Waals surface area contributed by atoms with Gasteiger partial charge in [-0.25, -0.2) is 0 Å². The molecule has 0 aliphatic carbocycles. The Morgan fingerprint density at radius 1 is 1.33 bits per heavy atom. The first kappa shape index (κ1) is 12.3. The summed E-state index contributed by atoms with van der Waals surface area (Å²) in [6.45, 7) is 6.15. The third-order valence-electron chi connectivity index (χ3n) is 2.62. The van der Waals surface area contributed by atoms with Crippen molar-refractivity contribution in [3.8, 4) is 5.75 Å². The molecule has 1 N–H and O–H groups in total. The minimum absolute atomic E-state index is 0.118. The number of likely N-dealkylation sites (N-methyl/N-ethyl adjacent to an activating group) is 1. The Bertz CT molecular complexity index is 327. The van der Waals surface area contributed by atoms with Crippen LogP contribution in [0.15, 0.2) is 18.2 Å². The van der Waals surface area contributed by atoms with E-state index in [1.807, 2.05) is 39.1 Å². The third kappa shape index (κ3) is 3.40. The van der Waals surface area contributed by atoms with Crippen molar-refractivity contribution in [3.05, 3.63) is 28.8 Å². The second-order valence-electron chi connectivity index (χ2n) is 3.81. The summed E-state index contributed by atoms with van der Waals surface area (Å²) in [6.07, 6.45) is 0.118. The highest BCUT2D eigenvalue weighted by molar-refractivity contribution is 6.30. The van der Waals surface area contributed by atoms with Gasteiger partial charge in [0.15, 0.2) is 0 Å². The normalized spacial score (nSPS) is 14.7. The zero-order valence-corrected chi connectivity index (χ0v) is 10.4. The minimum Gasteiger partial charge on any atom is -0.489 e. The lowest BCUT2D eigenvalue weighted by Crippen LogP contribution is -2.36. The van der Waals surface area contributed by atoms with Crippen molar-refractivity contribution in [2.75, 3.05) is 7.05 Å². The van der Waals surface area contributed by atoms with E-state index >= 15 is 0 Å². The van der Waals surface area contributed by atoms with Gasteiger partial charge in [0.2, 0.25) is 0 Å². The third-order valence-corrected chi connectivity index (χ3v) is 2.86. The van der Waals surface area contributed by atoms with Crippen LogP contribution in [-0.2, 0) is 0 Å². The van der Waals surface area contributed by atoms with Gasteiger partial charge in [-0.3, -0.25) is 0 Å². The van der Waals surface area contributed by atoms with E-state index in [2.05, 4.69) is 12.2 Å². The van der Waals surface area contributed by atoms with Crippen molar-refractivity contribution in [3.63, 3.8) is 0 Å². The largest absolute Gasteiger partial charge is 0.489 e. The fourth-order valence-electron chi connectivity index (χ4n) is 1.24. The Morgan fingerprint density at radius 3 is 2.60 bits per heavy atom. The highest BCUT2D eigenvalue weighted by Crippen LogP contribution is 2.23. The second kappa shape index (κ2) is 5.38. The molecule has 0 saturated carbocycles. The van der Waals surface area contributed by atoms with Crippen molar-refractivity contribution in [1.29, 1.82) is 0 Å². The maximum Gasteiger partial charge on any atom is 0.124 e. The molecular formula is C12H18ClNO. The molecule has 1 aromatic rings. The number of aryl methyl sites for hydroxylation is 1. The molecule has 0 aliphatic heterocycles. The van der Waals surface area contributed by atoms with Gasteiger partial charge in [-0.1, -0.05) is 17.7 Å². The molecule has 2 nitrogen and oxygen atoms in total. The van der Waals surface area contributed by atoms with Crippen LogP contribution >= 0.6 is 11.6 Å². The van der Waals surface area contributed by atoms with E-state index in [1.165, 1.54) is 0 Å². The lowest BCUT2D eigenvalue weighted by molar-refractivity contribution is 0.181. The molecule has 0 saturated heterocycles. The molecule has 3 heteroatoms. The van der Waals surface area contributed by atoms with Crippen LogP contribution in [0.4, 0.5) is 0 Å². The SMILES string of the molecule is CNC(C)C(C)Oc1cc(Cl)ccc1C. The predicted octanol–water partition coefficient (Wildman–Crippen LogP) is 3.02. The van der Waals surface area contributed by atoms with Crippen molar-refractivity contribution >= 4 is 11.6 Å². The molecule has 0 amide bonds. The molecule has 2 unspecified atom stereocenters. The number of halogens is 1. The predicted molar refractivity (Wildman–Crippen MR) is 64.8 cm³/mol. The van der Waals surface area contributed by atoms with Gasteiger partial charge in [0.25, 0.3) is 0 Å². The van der Waals surface area contributed by atoms with Crippen LogP contribution in [0.1, 0.15) is 19.4 Å². The smallest absolute Gasteiger partial charge is 0.124 e. The summed E-state index contributed by atoms with van der Waals surface area (Å²) < 4.78 is 5.83. The van der Waals surface area contributed by atoms with Gasteiger partial charge in [-0.05, 0) is 45.5 Å².